The Kier molecular flexibility index (Phi) is 0.552. The summed E-state index contributed by atoms with van der Waals surface area (Å²) < 4.78 is 5.41. The molecule has 0 aromatic carbocycles. The third kappa shape index (κ3) is 0.379. The van der Waals surface area contributed by atoms with E-state index in [9.17, 15) is 0 Å². The molecule has 0 N–H and O–H groups in total. The van der Waals surface area contributed by atoms with Crippen LogP contribution in [0.25, 0.3) is 0 Å². The zero-order valence-electron chi connectivity index (χ0n) is 5.34. The SMILES string of the molecule is C1=C[C@@H]2C[C@@]3(CO3)[C@@H]2C1. The van der Waals surface area contributed by atoms with E-state index < -0.39 is 0 Å². The van der Waals surface area contributed by atoms with Crippen LogP contribution in [0.15, 0.2) is 12.2 Å². The average molecular weight is 122 g/mol. The smallest absolute Gasteiger partial charge is 0.0958 e. The van der Waals surface area contributed by atoms with Gasteiger partial charge in [-0.25, -0.2) is 0 Å². The normalized spacial score (nSPS) is 59.6. The molecule has 3 rings (SSSR count). The second-order valence-electron chi connectivity index (χ2n) is 3.49. The second-order valence-corrected chi connectivity index (χ2v) is 3.49. The molecule has 1 spiro atoms. The predicted octanol–water partition coefficient (Wildman–Crippen LogP) is 1.35. The summed E-state index contributed by atoms with van der Waals surface area (Å²) in [7, 11) is 0. The lowest BCUT2D eigenvalue weighted by Crippen LogP contribution is -2.41. The summed E-state index contributed by atoms with van der Waals surface area (Å²) in [5.41, 5.74) is 0.411. The topological polar surface area (TPSA) is 12.5 Å². The van der Waals surface area contributed by atoms with E-state index in [2.05, 4.69) is 12.2 Å². The van der Waals surface area contributed by atoms with Crippen LogP contribution < -0.4 is 0 Å². The van der Waals surface area contributed by atoms with Crippen molar-refractivity contribution in [3.63, 3.8) is 0 Å². The summed E-state index contributed by atoms with van der Waals surface area (Å²) in [6, 6.07) is 0. The van der Waals surface area contributed by atoms with Crippen molar-refractivity contribution >= 4 is 0 Å². The van der Waals surface area contributed by atoms with Gasteiger partial charge >= 0.3 is 0 Å². The first-order chi connectivity index (χ1) is 4.41. The number of allylic oxidation sites excluding steroid dienone is 2. The van der Waals surface area contributed by atoms with Crippen LogP contribution in [0.1, 0.15) is 12.8 Å². The molecule has 1 heteroatoms. The minimum Gasteiger partial charge on any atom is -0.369 e. The van der Waals surface area contributed by atoms with Crippen LogP contribution in [0.5, 0.6) is 0 Å². The molecule has 1 heterocycles. The van der Waals surface area contributed by atoms with E-state index in [1.165, 1.54) is 12.8 Å². The van der Waals surface area contributed by atoms with Gasteiger partial charge in [-0.1, -0.05) is 12.2 Å². The first-order valence-corrected chi connectivity index (χ1v) is 3.71. The van der Waals surface area contributed by atoms with Gasteiger partial charge < -0.3 is 4.74 Å². The molecule has 0 unspecified atom stereocenters. The molecule has 1 aliphatic heterocycles. The van der Waals surface area contributed by atoms with Gasteiger partial charge in [-0.05, 0) is 18.8 Å². The Morgan fingerprint density at radius 2 is 2.44 bits per heavy atom. The van der Waals surface area contributed by atoms with Gasteiger partial charge in [0.1, 0.15) is 0 Å². The van der Waals surface area contributed by atoms with Crippen LogP contribution in [-0.4, -0.2) is 12.2 Å². The van der Waals surface area contributed by atoms with Gasteiger partial charge in [-0.3, -0.25) is 0 Å². The van der Waals surface area contributed by atoms with Crippen LogP contribution in [0.4, 0.5) is 0 Å². The highest BCUT2D eigenvalue weighted by atomic mass is 16.6. The Balaban J connectivity index is 1.91. The molecular formula is C8H10O. The van der Waals surface area contributed by atoms with E-state index in [0.29, 0.717) is 5.60 Å². The van der Waals surface area contributed by atoms with Crippen molar-refractivity contribution in [2.24, 2.45) is 11.8 Å². The monoisotopic (exact) mass is 122 g/mol. The Hall–Kier alpha value is -0.300. The van der Waals surface area contributed by atoms with Gasteiger partial charge in [0, 0.05) is 5.92 Å². The Labute approximate surface area is 54.7 Å². The van der Waals surface area contributed by atoms with Gasteiger partial charge in [0.05, 0.1) is 12.2 Å². The Morgan fingerprint density at radius 1 is 1.56 bits per heavy atom. The molecule has 0 aromatic heterocycles. The van der Waals surface area contributed by atoms with Crippen molar-refractivity contribution in [3.8, 4) is 0 Å². The van der Waals surface area contributed by atoms with Gasteiger partial charge in [-0.2, -0.15) is 0 Å². The standard InChI is InChI=1S/C8H10O/c1-2-6-4-8(5-9-8)7(6)3-1/h1-2,6-7H,3-5H2/t6-,7-,8-/m1/s1. The lowest BCUT2D eigenvalue weighted by molar-refractivity contribution is 0.0699. The van der Waals surface area contributed by atoms with E-state index >= 15 is 0 Å². The number of rotatable bonds is 0. The first kappa shape index (κ1) is 4.51. The maximum Gasteiger partial charge on any atom is 0.0958 e. The fraction of sp³-hybridized carbons (Fsp3) is 0.750. The molecule has 9 heavy (non-hydrogen) atoms. The van der Waals surface area contributed by atoms with E-state index in [0.717, 1.165) is 18.4 Å². The van der Waals surface area contributed by atoms with Crippen LogP contribution in [0, 0.1) is 11.8 Å². The summed E-state index contributed by atoms with van der Waals surface area (Å²) in [5.74, 6) is 1.78. The molecule has 1 saturated carbocycles. The zero-order valence-corrected chi connectivity index (χ0v) is 5.34. The molecule has 0 radical (unpaired) electrons. The molecule has 0 aromatic rings. The van der Waals surface area contributed by atoms with Crippen molar-refractivity contribution in [2.75, 3.05) is 6.61 Å². The maximum absolute atomic E-state index is 5.41. The average Bonchev–Trinajstić information content (AvgIpc) is 2.54. The molecule has 2 fully saturated rings. The maximum atomic E-state index is 5.41. The largest absolute Gasteiger partial charge is 0.369 e. The van der Waals surface area contributed by atoms with Crippen molar-refractivity contribution in [1.29, 1.82) is 0 Å². The Morgan fingerprint density at radius 3 is 3.11 bits per heavy atom. The van der Waals surface area contributed by atoms with Crippen molar-refractivity contribution in [1.82, 2.24) is 0 Å². The number of hydrogen-bond donors (Lipinski definition) is 0. The van der Waals surface area contributed by atoms with Gasteiger partial charge in [0.25, 0.3) is 0 Å². The molecule has 3 aliphatic rings. The summed E-state index contributed by atoms with van der Waals surface area (Å²) in [6.07, 6.45) is 7.27. The van der Waals surface area contributed by atoms with E-state index in [-0.39, 0.29) is 0 Å². The van der Waals surface area contributed by atoms with E-state index in [1.807, 2.05) is 0 Å². The minimum absolute atomic E-state index is 0.411. The molecular weight excluding hydrogens is 112 g/mol. The van der Waals surface area contributed by atoms with Crippen molar-refractivity contribution in [2.45, 2.75) is 18.4 Å². The quantitative estimate of drug-likeness (QED) is 0.349. The molecule has 1 nitrogen and oxygen atoms in total. The number of fused-ring (bicyclic) bond motifs is 2. The molecule has 3 atom stereocenters. The van der Waals surface area contributed by atoms with E-state index in [1.54, 1.807) is 0 Å². The summed E-state index contributed by atoms with van der Waals surface area (Å²) in [4.78, 5) is 0. The van der Waals surface area contributed by atoms with Gasteiger partial charge in [0.2, 0.25) is 0 Å². The fourth-order valence-electron chi connectivity index (χ4n) is 2.34. The fourth-order valence-corrected chi connectivity index (χ4v) is 2.34. The lowest BCUT2D eigenvalue weighted by Gasteiger charge is -2.37. The highest BCUT2D eigenvalue weighted by Crippen LogP contribution is 2.59. The zero-order chi connectivity index (χ0) is 5.90. The molecule has 2 aliphatic carbocycles. The van der Waals surface area contributed by atoms with Crippen LogP contribution in [0.2, 0.25) is 0 Å². The van der Waals surface area contributed by atoms with Gasteiger partial charge in [0.15, 0.2) is 0 Å². The number of ether oxygens (including phenoxy) is 1. The van der Waals surface area contributed by atoms with Crippen molar-refractivity contribution in [3.05, 3.63) is 12.2 Å². The van der Waals surface area contributed by atoms with Gasteiger partial charge in [-0.15, -0.1) is 0 Å². The lowest BCUT2D eigenvalue weighted by atomic mass is 9.66. The second kappa shape index (κ2) is 1.10. The number of epoxide rings is 1. The first-order valence-electron chi connectivity index (χ1n) is 3.71. The molecule has 1 saturated heterocycles. The third-order valence-electron chi connectivity index (χ3n) is 3.06. The summed E-state index contributed by atoms with van der Waals surface area (Å²) in [6.45, 7) is 1.05. The highest BCUT2D eigenvalue weighted by molar-refractivity contribution is 5.21. The van der Waals surface area contributed by atoms with Crippen molar-refractivity contribution < 1.29 is 4.74 Å². The minimum atomic E-state index is 0.411. The molecule has 0 bridgehead atoms. The molecule has 48 valence electrons. The Bertz CT molecular complexity index is 179. The third-order valence-corrected chi connectivity index (χ3v) is 3.06. The number of hydrogen-bond acceptors (Lipinski definition) is 1. The molecule has 0 amide bonds. The predicted molar refractivity (Wildman–Crippen MR) is 34.0 cm³/mol. The van der Waals surface area contributed by atoms with Crippen LogP contribution >= 0.6 is 0 Å². The van der Waals surface area contributed by atoms with E-state index in [4.69, 9.17) is 4.74 Å². The van der Waals surface area contributed by atoms with Crippen LogP contribution in [-0.2, 0) is 4.74 Å². The highest BCUT2D eigenvalue weighted by Gasteiger charge is 2.63. The van der Waals surface area contributed by atoms with Crippen LogP contribution in [0.3, 0.4) is 0 Å². The summed E-state index contributed by atoms with van der Waals surface area (Å²) >= 11 is 0. The summed E-state index contributed by atoms with van der Waals surface area (Å²) in [5, 5.41) is 0.